The monoisotopic (exact) mass is 405 g/mol. The Hall–Kier alpha value is -3.02. The van der Waals surface area contributed by atoms with E-state index >= 15 is 0 Å². The zero-order chi connectivity index (χ0) is 21.5. The number of benzene rings is 2. The molecule has 3 aromatic rings. The number of carbonyl (C=O) groups excluding carboxylic acids is 1. The summed E-state index contributed by atoms with van der Waals surface area (Å²) in [5.41, 5.74) is 4.20. The van der Waals surface area contributed by atoms with Gasteiger partial charge in [-0.2, -0.15) is 5.21 Å². The molecule has 0 unspecified atom stereocenters. The van der Waals surface area contributed by atoms with E-state index in [1.165, 1.54) is 0 Å². The summed E-state index contributed by atoms with van der Waals surface area (Å²) in [6, 6.07) is 16.6. The number of tetrazole rings is 1. The Balaban J connectivity index is 1.82. The number of aromatic amines is 1. The highest BCUT2D eigenvalue weighted by Gasteiger charge is 2.22. The highest BCUT2D eigenvalue weighted by Crippen LogP contribution is 2.30. The predicted molar refractivity (Wildman–Crippen MR) is 119 cm³/mol. The highest BCUT2D eigenvalue weighted by molar-refractivity contribution is 5.80. The number of hydrogen-bond acceptors (Lipinski definition) is 4. The van der Waals surface area contributed by atoms with Crippen molar-refractivity contribution in [3.05, 3.63) is 54.1 Å². The van der Waals surface area contributed by atoms with E-state index in [4.69, 9.17) is 0 Å². The molecule has 6 heteroatoms. The van der Waals surface area contributed by atoms with Crippen LogP contribution in [0, 0.1) is 5.92 Å². The van der Waals surface area contributed by atoms with Crippen LogP contribution in [0.2, 0.25) is 0 Å². The summed E-state index contributed by atoms with van der Waals surface area (Å²) >= 11 is 0. The van der Waals surface area contributed by atoms with Crippen LogP contribution in [0.3, 0.4) is 0 Å². The van der Waals surface area contributed by atoms with E-state index in [1.54, 1.807) is 0 Å². The lowest BCUT2D eigenvalue weighted by Crippen LogP contribution is -2.40. The summed E-state index contributed by atoms with van der Waals surface area (Å²) in [6.07, 6.45) is 2.58. The highest BCUT2D eigenvalue weighted by atomic mass is 16.2. The molecule has 0 aliphatic heterocycles. The number of nitrogens with one attached hydrogen (secondary N) is 1. The van der Waals surface area contributed by atoms with E-state index in [0.717, 1.165) is 35.1 Å². The second-order valence-corrected chi connectivity index (χ2v) is 8.09. The van der Waals surface area contributed by atoms with Gasteiger partial charge in [-0.1, -0.05) is 75.7 Å². The van der Waals surface area contributed by atoms with Gasteiger partial charge in [0, 0.05) is 24.6 Å². The molecule has 0 fully saturated rings. The SMILES string of the molecule is CCCCC(=O)N(Cc1ccc(-c2ccccc2-c2nn[nH]n2)cc1)[C@H](C)C(C)C. The topological polar surface area (TPSA) is 74.8 Å². The van der Waals surface area contributed by atoms with Crippen LogP contribution in [0.1, 0.15) is 52.5 Å². The Morgan fingerprint density at radius 2 is 1.73 bits per heavy atom. The number of H-pyrrole nitrogens is 1. The molecule has 0 aliphatic rings. The first-order valence-corrected chi connectivity index (χ1v) is 10.7. The Labute approximate surface area is 178 Å². The van der Waals surface area contributed by atoms with Gasteiger partial charge in [0.25, 0.3) is 0 Å². The summed E-state index contributed by atoms with van der Waals surface area (Å²) < 4.78 is 0. The normalized spacial score (nSPS) is 12.2. The molecule has 0 bridgehead atoms. The van der Waals surface area contributed by atoms with Crippen molar-refractivity contribution >= 4 is 5.91 Å². The minimum Gasteiger partial charge on any atom is -0.335 e. The maximum Gasteiger partial charge on any atom is 0.223 e. The molecule has 1 amide bonds. The van der Waals surface area contributed by atoms with Gasteiger partial charge in [-0.25, -0.2) is 0 Å². The Morgan fingerprint density at radius 3 is 2.33 bits per heavy atom. The average Bonchev–Trinajstić information content (AvgIpc) is 3.30. The van der Waals surface area contributed by atoms with E-state index in [1.807, 2.05) is 23.1 Å². The molecule has 0 saturated carbocycles. The summed E-state index contributed by atoms with van der Waals surface area (Å²) in [5, 5.41) is 14.4. The molecule has 158 valence electrons. The fraction of sp³-hybridized carbons (Fsp3) is 0.417. The molecule has 1 heterocycles. The average molecular weight is 406 g/mol. The van der Waals surface area contributed by atoms with E-state index in [9.17, 15) is 4.79 Å². The number of aromatic nitrogens is 4. The molecular formula is C24H31N5O. The second kappa shape index (κ2) is 10.1. The third-order valence-electron chi connectivity index (χ3n) is 5.65. The molecule has 3 rings (SSSR count). The fourth-order valence-electron chi connectivity index (χ4n) is 3.48. The molecule has 1 atom stereocenters. The molecule has 0 radical (unpaired) electrons. The second-order valence-electron chi connectivity index (χ2n) is 8.09. The van der Waals surface area contributed by atoms with Crippen LogP contribution in [0.25, 0.3) is 22.5 Å². The summed E-state index contributed by atoms with van der Waals surface area (Å²) in [5.74, 6) is 1.23. The summed E-state index contributed by atoms with van der Waals surface area (Å²) in [6.45, 7) is 9.23. The standard InChI is InChI=1S/C24H31N5O/c1-5-6-11-23(30)29(18(4)17(2)3)16-19-12-14-20(15-13-19)21-9-7-8-10-22(21)24-25-27-28-26-24/h7-10,12-15,17-18H,5-6,11,16H2,1-4H3,(H,25,26,27,28)/t18-/m1/s1. The maximum absolute atomic E-state index is 12.8. The number of carbonyl (C=O) groups is 1. The van der Waals surface area contributed by atoms with E-state index in [-0.39, 0.29) is 11.9 Å². The zero-order valence-electron chi connectivity index (χ0n) is 18.3. The van der Waals surface area contributed by atoms with Gasteiger partial charge in [-0.3, -0.25) is 4.79 Å². The Bertz CT molecular complexity index is 934. The molecule has 0 aliphatic carbocycles. The van der Waals surface area contributed by atoms with Crippen molar-refractivity contribution in [2.24, 2.45) is 5.92 Å². The van der Waals surface area contributed by atoms with Crippen LogP contribution in [0.5, 0.6) is 0 Å². The van der Waals surface area contributed by atoms with Crippen molar-refractivity contribution in [3.63, 3.8) is 0 Å². The first-order valence-electron chi connectivity index (χ1n) is 10.7. The van der Waals surface area contributed by atoms with Crippen molar-refractivity contribution in [2.45, 2.75) is 59.5 Å². The van der Waals surface area contributed by atoms with Crippen molar-refractivity contribution in [3.8, 4) is 22.5 Å². The van der Waals surface area contributed by atoms with Crippen LogP contribution in [-0.2, 0) is 11.3 Å². The summed E-state index contributed by atoms with van der Waals surface area (Å²) in [4.78, 5) is 14.9. The number of rotatable bonds is 9. The largest absolute Gasteiger partial charge is 0.335 e. The number of amides is 1. The molecule has 1 aromatic heterocycles. The first-order chi connectivity index (χ1) is 14.5. The van der Waals surface area contributed by atoms with Gasteiger partial charge in [0.05, 0.1) is 0 Å². The zero-order valence-corrected chi connectivity index (χ0v) is 18.3. The molecule has 0 spiro atoms. The third-order valence-corrected chi connectivity index (χ3v) is 5.65. The molecule has 1 N–H and O–H groups in total. The smallest absolute Gasteiger partial charge is 0.223 e. The van der Waals surface area contributed by atoms with Crippen LogP contribution >= 0.6 is 0 Å². The molecule has 2 aromatic carbocycles. The van der Waals surface area contributed by atoms with Gasteiger partial charge in [0.1, 0.15) is 0 Å². The van der Waals surface area contributed by atoms with Crippen LogP contribution < -0.4 is 0 Å². The van der Waals surface area contributed by atoms with Crippen LogP contribution in [-0.4, -0.2) is 37.5 Å². The van der Waals surface area contributed by atoms with Gasteiger partial charge in [0.2, 0.25) is 11.7 Å². The molecule has 0 saturated heterocycles. The maximum atomic E-state index is 12.8. The number of hydrogen-bond donors (Lipinski definition) is 1. The lowest BCUT2D eigenvalue weighted by atomic mass is 9.97. The molecule has 6 nitrogen and oxygen atoms in total. The van der Waals surface area contributed by atoms with Crippen molar-refractivity contribution < 1.29 is 4.79 Å². The van der Waals surface area contributed by atoms with E-state index in [2.05, 4.69) is 78.7 Å². The Morgan fingerprint density at radius 1 is 1.03 bits per heavy atom. The van der Waals surface area contributed by atoms with Gasteiger partial charge in [-0.05, 0) is 41.2 Å². The van der Waals surface area contributed by atoms with E-state index in [0.29, 0.717) is 24.7 Å². The molecule has 30 heavy (non-hydrogen) atoms. The first kappa shape index (κ1) is 21.7. The third kappa shape index (κ3) is 5.12. The quantitative estimate of drug-likeness (QED) is 0.538. The summed E-state index contributed by atoms with van der Waals surface area (Å²) in [7, 11) is 0. The number of unbranched alkanes of at least 4 members (excludes halogenated alkanes) is 1. The van der Waals surface area contributed by atoms with E-state index < -0.39 is 0 Å². The van der Waals surface area contributed by atoms with Crippen LogP contribution in [0.15, 0.2) is 48.5 Å². The fourth-order valence-corrected chi connectivity index (χ4v) is 3.48. The van der Waals surface area contributed by atoms with Gasteiger partial charge in [0.15, 0.2) is 0 Å². The minimum absolute atomic E-state index is 0.202. The van der Waals surface area contributed by atoms with Gasteiger partial charge in [-0.15, -0.1) is 10.2 Å². The lowest BCUT2D eigenvalue weighted by Gasteiger charge is -2.32. The molecular weight excluding hydrogens is 374 g/mol. The van der Waals surface area contributed by atoms with Gasteiger partial charge >= 0.3 is 0 Å². The van der Waals surface area contributed by atoms with Crippen LogP contribution in [0.4, 0.5) is 0 Å². The van der Waals surface area contributed by atoms with Gasteiger partial charge < -0.3 is 4.90 Å². The van der Waals surface area contributed by atoms with Crippen molar-refractivity contribution in [2.75, 3.05) is 0 Å². The minimum atomic E-state index is 0.202. The Kier molecular flexibility index (Phi) is 7.33. The number of nitrogens with zero attached hydrogens (tertiary/aromatic N) is 4. The lowest BCUT2D eigenvalue weighted by molar-refractivity contribution is -0.135. The van der Waals surface area contributed by atoms with Crippen molar-refractivity contribution in [1.29, 1.82) is 0 Å². The predicted octanol–water partition coefficient (Wildman–Crippen LogP) is 5.10. The van der Waals surface area contributed by atoms with Crippen molar-refractivity contribution in [1.82, 2.24) is 25.5 Å².